The van der Waals surface area contributed by atoms with E-state index in [9.17, 15) is 4.79 Å². The summed E-state index contributed by atoms with van der Waals surface area (Å²) in [5, 5.41) is 8.57. The van der Waals surface area contributed by atoms with Crippen molar-refractivity contribution in [1.29, 1.82) is 0 Å². The van der Waals surface area contributed by atoms with Crippen molar-refractivity contribution in [3.05, 3.63) is 0 Å². The maximum absolute atomic E-state index is 10.7. The van der Waals surface area contributed by atoms with E-state index in [4.69, 9.17) is 9.84 Å². The summed E-state index contributed by atoms with van der Waals surface area (Å²) in [6, 6.07) is 0. The van der Waals surface area contributed by atoms with Crippen molar-refractivity contribution < 1.29 is 14.6 Å². The first-order valence-electron chi connectivity index (χ1n) is 2.83. The second-order valence-electron chi connectivity index (χ2n) is 1.82. The summed E-state index contributed by atoms with van der Waals surface area (Å²) in [5.74, 6) is -0.400. The Kier molecular flexibility index (Phi) is 2.18. The van der Waals surface area contributed by atoms with E-state index in [-0.39, 0.29) is 5.17 Å². The molecule has 10 heavy (non-hydrogen) atoms. The van der Waals surface area contributed by atoms with Crippen LogP contribution in [0, 0.1) is 0 Å². The number of thiocarbonyl (C=S) groups is 1. The fraction of sp³-hybridized carbons (Fsp3) is 0.600. The number of nitrogens with zero attached hydrogens (tertiary/aromatic N) is 1. The Morgan fingerprint density at radius 1 is 1.90 bits per heavy atom. The molecule has 1 aliphatic heterocycles. The van der Waals surface area contributed by atoms with E-state index in [0.717, 1.165) is 0 Å². The molecule has 1 N–H and O–H groups in total. The van der Waals surface area contributed by atoms with Crippen LogP contribution < -0.4 is 0 Å². The molecule has 1 heterocycles. The molecule has 1 aliphatic rings. The number of hydrogen-bond acceptors (Lipinski definition) is 4. The predicted molar refractivity (Wildman–Crippen MR) is 37.3 cm³/mol. The zero-order valence-corrected chi connectivity index (χ0v) is 6.06. The number of ether oxygens (including phenoxy) is 1. The highest BCUT2D eigenvalue weighted by Gasteiger charge is 2.23. The van der Waals surface area contributed by atoms with E-state index in [0.29, 0.717) is 13.2 Å². The summed E-state index contributed by atoms with van der Waals surface area (Å²) in [6.07, 6.45) is 0. The molecule has 0 aliphatic carbocycles. The molecule has 1 rings (SSSR count). The Morgan fingerprint density at radius 3 is 3.00 bits per heavy atom. The molecule has 0 saturated carbocycles. The van der Waals surface area contributed by atoms with Crippen molar-refractivity contribution in [2.45, 2.75) is 0 Å². The second kappa shape index (κ2) is 2.94. The number of aliphatic hydroxyl groups is 1. The molecule has 0 aromatic rings. The van der Waals surface area contributed by atoms with Crippen LogP contribution in [0.25, 0.3) is 0 Å². The molecule has 0 aromatic carbocycles. The van der Waals surface area contributed by atoms with Crippen LogP contribution in [-0.4, -0.2) is 40.8 Å². The summed E-state index contributed by atoms with van der Waals surface area (Å²) in [5.41, 5.74) is 0. The van der Waals surface area contributed by atoms with Gasteiger partial charge >= 0.3 is 0 Å². The fourth-order valence-corrected chi connectivity index (χ4v) is 0.982. The zero-order valence-electron chi connectivity index (χ0n) is 5.24. The largest absolute Gasteiger partial charge is 0.469 e. The predicted octanol–water partition coefficient (Wildman–Crippen LogP) is -0.878. The Balaban J connectivity index is 2.55. The van der Waals surface area contributed by atoms with E-state index in [2.05, 4.69) is 12.2 Å². The van der Waals surface area contributed by atoms with E-state index < -0.39 is 12.5 Å². The smallest absolute Gasteiger partial charge is 0.266 e. The molecule has 5 heteroatoms. The number of carbonyl (C=O) groups is 1. The lowest BCUT2D eigenvalue weighted by Gasteiger charge is -2.09. The molecule has 1 amide bonds. The van der Waals surface area contributed by atoms with Gasteiger partial charge in [-0.1, -0.05) is 0 Å². The van der Waals surface area contributed by atoms with Gasteiger partial charge in [-0.05, 0) is 12.2 Å². The van der Waals surface area contributed by atoms with Crippen LogP contribution >= 0.6 is 12.2 Å². The lowest BCUT2D eigenvalue weighted by atomic mass is 10.5. The van der Waals surface area contributed by atoms with Crippen molar-refractivity contribution in [2.24, 2.45) is 0 Å². The Morgan fingerprint density at radius 2 is 2.60 bits per heavy atom. The van der Waals surface area contributed by atoms with Gasteiger partial charge in [-0.25, -0.2) is 0 Å². The van der Waals surface area contributed by atoms with Gasteiger partial charge in [0.1, 0.15) is 13.2 Å². The van der Waals surface area contributed by atoms with Gasteiger partial charge in [0.2, 0.25) is 0 Å². The molecular formula is C5H7NO3S. The summed E-state index contributed by atoms with van der Waals surface area (Å²) in [4.78, 5) is 12.0. The minimum absolute atomic E-state index is 0.166. The number of hydrogen-bond donors (Lipinski definition) is 1. The van der Waals surface area contributed by atoms with Crippen LogP contribution in [0.15, 0.2) is 0 Å². The summed E-state index contributed by atoms with van der Waals surface area (Å²) in [7, 11) is 0. The molecule has 1 fully saturated rings. The van der Waals surface area contributed by atoms with Crippen LogP contribution in [0.4, 0.5) is 0 Å². The first-order chi connectivity index (χ1) is 4.75. The molecule has 1 saturated heterocycles. The minimum Gasteiger partial charge on any atom is -0.469 e. The topological polar surface area (TPSA) is 49.8 Å². The molecule has 0 atom stereocenters. The van der Waals surface area contributed by atoms with Crippen LogP contribution in [0.3, 0.4) is 0 Å². The van der Waals surface area contributed by atoms with Crippen molar-refractivity contribution in [2.75, 3.05) is 19.8 Å². The normalized spacial score (nSPS) is 17.3. The summed E-state index contributed by atoms with van der Waals surface area (Å²) < 4.78 is 4.81. The number of carbonyl (C=O) groups excluding carboxylic acids is 1. The van der Waals surface area contributed by atoms with E-state index in [1.54, 1.807) is 0 Å². The van der Waals surface area contributed by atoms with E-state index in [1.165, 1.54) is 4.90 Å². The third-order valence-electron chi connectivity index (χ3n) is 1.20. The van der Waals surface area contributed by atoms with Gasteiger partial charge in [-0.15, -0.1) is 0 Å². The highest BCUT2D eigenvalue weighted by Crippen LogP contribution is 2.02. The number of aliphatic hydroxyl groups excluding tert-OH is 1. The minimum atomic E-state index is -0.510. The highest BCUT2D eigenvalue weighted by atomic mass is 32.1. The van der Waals surface area contributed by atoms with E-state index >= 15 is 0 Å². The van der Waals surface area contributed by atoms with Gasteiger partial charge in [-0.2, -0.15) is 0 Å². The lowest BCUT2D eigenvalue weighted by Crippen LogP contribution is -2.33. The molecule has 0 radical (unpaired) electrons. The first kappa shape index (κ1) is 7.43. The molecule has 0 spiro atoms. The average molecular weight is 161 g/mol. The maximum atomic E-state index is 10.7. The third kappa shape index (κ3) is 1.25. The Labute approximate surface area is 63.4 Å². The highest BCUT2D eigenvalue weighted by molar-refractivity contribution is 7.80. The van der Waals surface area contributed by atoms with Gasteiger partial charge in [0.25, 0.3) is 11.1 Å². The molecule has 0 aromatic heterocycles. The van der Waals surface area contributed by atoms with Crippen LogP contribution in [0.2, 0.25) is 0 Å². The summed E-state index contributed by atoms with van der Waals surface area (Å²) >= 11 is 4.65. The monoisotopic (exact) mass is 161 g/mol. The third-order valence-corrected chi connectivity index (χ3v) is 1.54. The number of amides is 1. The van der Waals surface area contributed by atoms with Gasteiger partial charge in [0.05, 0.1) is 6.54 Å². The van der Waals surface area contributed by atoms with E-state index in [1.807, 2.05) is 0 Å². The maximum Gasteiger partial charge on any atom is 0.266 e. The molecule has 56 valence electrons. The summed E-state index contributed by atoms with van der Waals surface area (Å²) in [6.45, 7) is 0.381. The quantitative estimate of drug-likeness (QED) is 0.507. The Bertz CT molecular complexity index is 170. The molecule has 0 unspecified atom stereocenters. The van der Waals surface area contributed by atoms with Gasteiger partial charge in [0.15, 0.2) is 0 Å². The standard InChI is InChI=1S/C5H7NO3S/c7-3-4(8)6-1-2-9-5(6)10/h7H,1-3H2. The first-order valence-corrected chi connectivity index (χ1v) is 3.24. The zero-order chi connectivity index (χ0) is 7.56. The fourth-order valence-electron chi connectivity index (χ4n) is 0.705. The van der Waals surface area contributed by atoms with Crippen molar-refractivity contribution in [1.82, 2.24) is 4.90 Å². The van der Waals surface area contributed by atoms with Crippen molar-refractivity contribution >= 4 is 23.3 Å². The van der Waals surface area contributed by atoms with Crippen molar-refractivity contribution in [3.63, 3.8) is 0 Å². The molecular weight excluding hydrogens is 154 g/mol. The van der Waals surface area contributed by atoms with Gasteiger partial charge < -0.3 is 9.84 Å². The van der Waals surface area contributed by atoms with Crippen LogP contribution in [-0.2, 0) is 9.53 Å². The molecule has 0 bridgehead atoms. The molecule has 4 nitrogen and oxygen atoms in total. The Hall–Kier alpha value is -0.680. The lowest BCUT2D eigenvalue weighted by molar-refractivity contribution is -0.129. The van der Waals surface area contributed by atoms with Gasteiger partial charge in [-0.3, -0.25) is 9.69 Å². The van der Waals surface area contributed by atoms with Gasteiger partial charge in [0, 0.05) is 0 Å². The second-order valence-corrected chi connectivity index (χ2v) is 2.17. The average Bonchev–Trinajstić information content (AvgIpc) is 2.34. The number of rotatable bonds is 1. The van der Waals surface area contributed by atoms with Crippen molar-refractivity contribution in [3.8, 4) is 0 Å². The van der Waals surface area contributed by atoms with Crippen LogP contribution in [0.5, 0.6) is 0 Å². The van der Waals surface area contributed by atoms with Crippen LogP contribution in [0.1, 0.15) is 0 Å². The SMILES string of the molecule is O=C(CO)N1CCOC1=S.